The summed E-state index contributed by atoms with van der Waals surface area (Å²) in [6.07, 6.45) is -0.839. The van der Waals surface area contributed by atoms with Crippen LogP contribution >= 0.6 is 11.6 Å². The third-order valence-electron chi connectivity index (χ3n) is 4.75. The second-order valence-electron chi connectivity index (χ2n) is 6.87. The van der Waals surface area contributed by atoms with E-state index in [2.05, 4.69) is 9.89 Å². The van der Waals surface area contributed by atoms with E-state index in [-0.39, 0.29) is 18.8 Å². The van der Waals surface area contributed by atoms with E-state index in [1.807, 2.05) is 29.2 Å². The van der Waals surface area contributed by atoms with Gasteiger partial charge in [0.1, 0.15) is 18.5 Å². The molecule has 3 rings (SSSR count). The van der Waals surface area contributed by atoms with Gasteiger partial charge in [-0.2, -0.15) is 0 Å². The maximum Gasteiger partial charge on any atom is 0.269 e. The molecule has 0 radical (unpaired) electrons. The fraction of sp³-hybridized carbons (Fsp3) is 0.350. The Kier molecular flexibility index (Phi) is 7.31. The monoisotopic (exact) mass is 433 g/mol. The van der Waals surface area contributed by atoms with Gasteiger partial charge >= 0.3 is 0 Å². The fourth-order valence-corrected chi connectivity index (χ4v) is 3.18. The van der Waals surface area contributed by atoms with Gasteiger partial charge in [-0.05, 0) is 36.4 Å². The van der Waals surface area contributed by atoms with Crippen molar-refractivity contribution < 1.29 is 14.8 Å². The molecule has 2 aromatic carbocycles. The molecule has 1 atom stereocenters. The molecule has 2 aromatic rings. The number of aliphatic hydroxyl groups excluding tert-OH is 1. The molecule has 30 heavy (non-hydrogen) atoms. The van der Waals surface area contributed by atoms with Crippen molar-refractivity contribution in [2.24, 2.45) is 10.7 Å². The van der Waals surface area contributed by atoms with Crippen LogP contribution in [-0.2, 0) is 0 Å². The maximum absolute atomic E-state index is 10.6. The van der Waals surface area contributed by atoms with E-state index >= 15 is 0 Å². The van der Waals surface area contributed by atoms with E-state index in [9.17, 15) is 15.2 Å². The summed E-state index contributed by atoms with van der Waals surface area (Å²) < 4.78 is 5.44. The lowest BCUT2D eigenvalue weighted by molar-refractivity contribution is -0.384. The number of piperazine rings is 1. The van der Waals surface area contributed by atoms with Crippen molar-refractivity contribution in [3.05, 3.63) is 63.7 Å². The largest absolute Gasteiger partial charge is 0.491 e. The van der Waals surface area contributed by atoms with Crippen molar-refractivity contribution in [1.82, 2.24) is 4.90 Å². The lowest BCUT2D eigenvalue weighted by Crippen LogP contribution is -2.51. The summed E-state index contributed by atoms with van der Waals surface area (Å²) in [5, 5.41) is 21.4. The van der Waals surface area contributed by atoms with Gasteiger partial charge in [0.15, 0.2) is 5.96 Å². The third-order valence-corrected chi connectivity index (χ3v) is 5.00. The number of rotatable bonds is 7. The number of non-ortho nitro benzene ring substituents is 1. The van der Waals surface area contributed by atoms with E-state index in [1.165, 1.54) is 24.3 Å². The smallest absolute Gasteiger partial charge is 0.269 e. The molecule has 0 saturated carbocycles. The number of aliphatic imine (C=N–C) groups is 1. The van der Waals surface area contributed by atoms with Crippen molar-refractivity contribution in [1.29, 1.82) is 0 Å². The number of hydrogen-bond acceptors (Lipinski definition) is 6. The van der Waals surface area contributed by atoms with E-state index in [0.29, 0.717) is 16.7 Å². The van der Waals surface area contributed by atoms with Crippen LogP contribution in [0.15, 0.2) is 53.5 Å². The summed E-state index contributed by atoms with van der Waals surface area (Å²) in [5.41, 5.74) is 7.18. The summed E-state index contributed by atoms with van der Waals surface area (Å²) in [5.74, 6) is 0.829. The molecule has 0 aromatic heterocycles. The highest BCUT2D eigenvalue weighted by atomic mass is 35.5. The number of ether oxygens (including phenoxy) is 1. The number of nitrogens with zero attached hydrogens (tertiary/aromatic N) is 4. The third kappa shape index (κ3) is 5.98. The summed E-state index contributed by atoms with van der Waals surface area (Å²) in [6.45, 7) is 3.20. The van der Waals surface area contributed by atoms with Gasteiger partial charge < -0.3 is 25.4 Å². The molecule has 1 fully saturated rings. The van der Waals surface area contributed by atoms with Gasteiger partial charge in [-0.25, -0.2) is 0 Å². The molecule has 1 aliphatic rings. The van der Waals surface area contributed by atoms with E-state index in [4.69, 9.17) is 22.1 Å². The first-order valence-electron chi connectivity index (χ1n) is 9.53. The SMILES string of the molecule is NC(=NCC(O)COc1ccc([N+](=O)[O-])cc1)N1CCN(c2ccc(Cl)cc2)CC1. The Bertz CT molecular complexity index is 868. The van der Waals surface area contributed by atoms with Gasteiger partial charge in [0, 0.05) is 49.0 Å². The molecular formula is C20H24ClN5O4. The normalized spacial score (nSPS) is 15.7. The van der Waals surface area contributed by atoms with Crippen LogP contribution in [0.25, 0.3) is 0 Å². The van der Waals surface area contributed by atoms with Crippen LogP contribution in [0.2, 0.25) is 5.02 Å². The van der Waals surface area contributed by atoms with Crippen LogP contribution in [0.4, 0.5) is 11.4 Å². The zero-order valence-corrected chi connectivity index (χ0v) is 17.1. The van der Waals surface area contributed by atoms with Crippen LogP contribution in [0, 0.1) is 10.1 Å². The number of hydrogen-bond donors (Lipinski definition) is 2. The molecule has 160 valence electrons. The highest BCUT2D eigenvalue weighted by Gasteiger charge is 2.19. The summed E-state index contributed by atoms with van der Waals surface area (Å²) in [7, 11) is 0. The topological polar surface area (TPSA) is 117 Å². The van der Waals surface area contributed by atoms with Crippen LogP contribution in [0.3, 0.4) is 0 Å². The molecular weight excluding hydrogens is 410 g/mol. The maximum atomic E-state index is 10.6. The average Bonchev–Trinajstić information content (AvgIpc) is 2.77. The number of halogens is 1. The zero-order valence-electron chi connectivity index (χ0n) is 16.4. The minimum absolute atomic E-state index is 0.0128. The van der Waals surface area contributed by atoms with Crippen molar-refractivity contribution in [2.75, 3.05) is 44.2 Å². The Balaban J connectivity index is 1.42. The molecule has 0 bridgehead atoms. The highest BCUT2D eigenvalue weighted by molar-refractivity contribution is 6.30. The average molecular weight is 434 g/mol. The number of nitro groups is 1. The Hall–Kier alpha value is -3.04. The van der Waals surface area contributed by atoms with Gasteiger partial charge in [-0.1, -0.05) is 11.6 Å². The molecule has 1 aliphatic heterocycles. The molecule has 1 unspecified atom stereocenters. The van der Waals surface area contributed by atoms with Crippen LogP contribution < -0.4 is 15.4 Å². The Morgan fingerprint density at radius 1 is 1.17 bits per heavy atom. The molecule has 9 nitrogen and oxygen atoms in total. The number of nitrogens with two attached hydrogens (primary N) is 1. The van der Waals surface area contributed by atoms with E-state index in [1.54, 1.807) is 0 Å². The summed E-state index contributed by atoms with van der Waals surface area (Å²) in [4.78, 5) is 18.7. The van der Waals surface area contributed by atoms with Gasteiger partial charge in [0.05, 0.1) is 11.5 Å². The first-order chi connectivity index (χ1) is 14.4. The van der Waals surface area contributed by atoms with Gasteiger partial charge in [0.2, 0.25) is 0 Å². The lowest BCUT2D eigenvalue weighted by Gasteiger charge is -2.36. The minimum atomic E-state index is -0.839. The predicted molar refractivity (Wildman–Crippen MR) is 116 cm³/mol. The summed E-state index contributed by atoms with van der Waals surface area (Å²) >= 11 is 5.94. The Morgan fingerprint density at radius 3 is 2.40 bits per heavy atom. The number of guanidine groups is 1. The second-order valence-corrected chi connectivity index (χ2v) is 7.30. The molecule has 0 spiro atoms. The lowest BCUT2D eigenvalue weighted by atomic mass is 10.2. The second kappa shape index (κ2) is 10.1. The van der Waals surface area contributed by atoms with Crippen LogP contribution in [0.5, 0.6) is 5.75 Å². The van der Waals surface area contributed by atoms with Crippen LogP contribution in [0.1, 0.15) is 0 Å². The number of anilines is 1. The summed E-state index contributed by atoms with van der Waals surface area (Å²) in [6, 6.07) is 13.4. The first-order valence-corrected chi connectivity index (χ1v) is 9.91. The van der Waals surface area contributed by atoms with E-state index in [0.717, 1.165) is 31.9 Å². The molecule has 1 heterocycles. The number of nitro benzene ring substituents is 1. The van der Waals surface area contributed by atoms with Gasteiger partial charge in [0.25, 0.3) is 5.69 Å². The quantitative estimate of drug-likeness (QED) is 0.297. The van der Waals surface area contributed by atoms with E-state index < -0.39 is 11.0 Å². The highest BCUT2D eigenvalue weighted by Crippen LogP contribution is 2.19. The van der Waals surface area contributed by atoms with Gasteiger partial charge in [-0.15, -0.1) is 0 Å². The number of benzene rings is 2. The van der Waals surface area contributed by atoms with Crippen molar-refractivity contribution in [3.63, 3.8) is 0 Å². The zero-order chi connectivity index (χ0) is 21.5. The first kappa shape index (κ1) is 21.7. The van der Waals surface area contributed by atoms with Crippen molar-refractivity contribution in [3.8, 4) is 5.75 Å². The fourth-order valence-electron chi connectivity index (χ4n) is 3.05. The predicted octanol–water partition coefficient (Wildman–Crippen LogP) is 2.12. The molecule has 0 amide bonds. The van der Waals surface area contributed by atoms with Crippen molar-refractivity contribution >= 4 is 28.9 Å². The molecule has 1 saturated heterocycles. The standard InChI is InChI=1S/C20H24ClN5O4/c21-15-1-3-16(4-2-15)24-9-11-25(12-10-24)20(22)23-13-18(27)14-30-19-7-5-17(6-8-19)26(28)29/h1-8,18,27H,9-14H2,(H2,22,23). The Morgan fingerprint density at radius 2 is 1.80 bits per heavy atom. The molecule has 3 N–H and O–H groups in total. The van der Waals surface area contributed by atoms with Crippen molar-refractivity contribution in [2.45, 2.75) is 6.10 Å². The Labute approximate surface area is 179 Å². The number of aliphatic hydroxyl groups is 1. The van der Waals surface area contributed by atoms with Crippen LogP contribution in [-0.4, -0.2) is 66.3 Å². The minimum Gasteiger partial charge on any atom is -0.491 e. The molecule has 0 aliphatic carbocycles. The molecule has 10 heteroatoms. The van der Waals surface area contributed by atoms with Gasteiger partial charge in [-0.3, -0.25) is 15.1 Å².